The van der Waals surface area contributed by atoms with E-state index in [0.717, 1.165) is 11.4 Å². The zero-order valence-electron chi connectivity index (χ0n) is 28.0. The fourth-order valence-electron chi connectivity index (χ4n) is 2.35. The number of sulfonamides is 1. The van der Waals surface area contributed by atoms with Crippen LogP contribution >= 0.6 is 11.3 Å². The molecular weight excluding hydrogens is 426 g/mol. The van der Waals surface area contributed by atoms with E-state index in [-0.39, 0.29) is 5.69 Å². The van der Waals surface area contributed by atoms with Gasteiger partial charge in [0.25, 0.3) is 15.9 Å². The van der Waals surface area contributed by atoms with E-state index in [1.54, 1.807) is 0 Å². The molecule has 1 aromatic carbocycles. The van der Waals surface area contributed by atoms with Crippen molar-refractivity contribution in [2.45, 2.75) is 39.2 Å². The van der Waals surface area contributed by atoms with E-state index in [9.17, 15) is 18.0 Å². The molecule has 0 aliphatic rings. The van der Waals surface area contributed by atoms with Crippen LogP contribution in [-0.4, -0.2) is 25.3 Å². The summed E-state index contributed by atoms with van der Waals surface area (Å²) in [6.07, 6.45) is 0. The van der Waals surface area contributed by atoms with Crippen molar-refractivity contribution in [2.24, 2.45) is 0 Å². The topological polar surface area (TPSA) is 118 Å². The standard InChI is InChI=1S/C20H21N3O5S2/c1-10-8-11(2)17(15(9-10)14(5)24)21-19(25)18-16(6-7-29-18)30(26,27)23-20-12(3)13(4)22-28-20/h6-9,23H,1-5H3,(H,21,25)/i1D3,2D3,3D3,5D3,9D. The first kappa shape index (κ1) is 10.4. The van der Waals surface area contributed by atoms with Crippen LogP contribution in [0, 0.1) is 27.5 Å². The number of amides is 1. The number of ketones is 1. The van der Waals surface area contributed by atoms with E-state index in [4.69, 9.17) is 22.3 Å². The summed E-state index contributed by atoms with van der Waals surface area (Å²) in [5.41, 5.74) is -4.91. The largest absolute Gasteiger partial charge is 0.337 e. The second-order valence-corrected chi connectivity index (χ2v) is 8.39. The van der Waals surface area contributed by atoms with Gasteiger partial charge in [-0.1, -0.05) is 11.2 Å². The first-order valence-electron chi connectivity index (χ1n) is 14.4. The summed E-state index contributed by atoms with van der Waals surface area (Å²) < 4.78 is 133. The van der Waals surface area contributed by atoms with Crippen LogP contribution < -0.4 is 10.0 Å². The first-order valence-corrected chi connectivity index (χ1v) is 10.3. The molecule has 0 aliphatic carbocycles. The molecule has 2 N–H and O–H groups in total. The molecule has 0 saturated heterocycles. The number of nitrogens with one attached hydrogen (secondary N) is 2. The predicted octanol–water partition coefficient (Wildman–Crippen LogP) is 4.23. The van der Waals surface area contributed by atoms with Gasteiger partial charge < -0.3 is 9.84 Å². The Labute approximate surface area is 196 Å². The molecule has 10 heteroatoms. The Kier molecular flexibility index (Phi) is 2.78. The zero-order valence-corrected chi connectivity index (χ0v) is 16.7. The first-order chi connectivity index (χ1) is 19.3. The van der Waals surface area contributed by atoms with Crippen molar-refractivity contribution < 1.29 is 40.3 Å². The Hall–Kier alpha value is -2.98. The molecule has 0 bridgehead atoms. The molecule has 0 radical (unpaired) electrons. The lowest BCUT2D eigenvalue weighted by Crippen LogP contribution is -2.20. The molecule has 0 spiro atoms. The van der Waals surface area contributed by atoms with Gasteiger partial charge >= 0.3 is 0 Å². The SMILES string of the molecule is [2H]c1c(C([2H])([2H])[2H])cc(C([2H])([2H])[2H])c(NC(=O)c2sccc2S(=O)(=O)Nc2onc(C)c2C([2H])([2H])[2H])c1C(=O)C([2H])([2H])[2H]. The Balaban J connectivity index is 2.20. The summed E-state index contributed by atoms with van der Waals surface area (Å²) in [5.74, 6) is -3.99. The van der Waals surface area contributed by atoms with Crippen molar-refractivity contribution in [2.75, 3.05) is 10.0 Å². The summed E-state index contributed by atoms with van der Waals surface area (Å²) in [6.45, 7) is -11.5. The number of hydrogen-bond acceptors (Lipinski definition) is 7. The minimum Gasteiger partial charge on any atom is -0.337 e. The van der Waals surface area contributed by atoms with Gasteiger partial charge in [-0.15, -0.1) is 11.3 Å². The van der Waals surface area contributed by atoms with E-state index < -0.39 is 98.8 Å². The lowest BCUT2D eigenvalue weighted by Gasteiger charge is -2.14. The average molecular weight is 461 g/mol. The number of anilines is 2. The van der Waals surface area contributed by atoms with Crippen LogP contribution in [0.15, 0.2) is 33.0 Å². The third-order valence-corrected chi connectivity index (χ3v) is 6.16. The van der Waals surface area contributed by atoms with Crippen molar-refractivity contribution in [1.29, 1.82) is 0 Å². The Morgan fingerprint density at radius 3 is 2.83 bits per heavy atom. The number of carbonyl (C=O) groups excluding carboxylic acids is 2. The van der Waals surface area contributed by atoms with Crippen LogP contribution in [-0.2, 0) is 10.0 Å². The van der Waals surface area contributed by atoms with Gasteiger partial charge in [0.2, 0.25) is 5.88 Å². The number of aromatic nitrogens is 1. The Morgan fingerprint density at radius 1 is 1.30 bits per heavy atom. The second-order valence-electron chi connectivity index (χ2n) is 5.82. The number of Topliss-reactive ketones (excluding diaryl/α,β-unsaturated/α-hetero) is 1. The van der Waals surface area contributed by atoms with Crippen molar-refractivity contribution in [3.05, 3.63) is 56.4 Å². The monoisotopic (exact) mass is 460 g/mol. The number of nitrogens with zero attached hydrogens (tertiary/aromatic N) is 1. The van der Waals surface area contributed by atoms with Crippen LogP contribution in [0.1, 0.15) is 67.1 Å². The van der Waals surface area contributed by atoms with Crippen LogP contribution in [0.3, 0.4) is 0 Å². The molecule has 8 nitrogen and oxygen atoms in total. The molecule has 0 unspecified atom stereocenters. The molecule has 0 fully saturated rings. The van der Waals surface area contributed by atoms with Gasteiger partial charge in [0.15, 0.2) is 5.78 Å². The number of aryl methyl sites for hydroxylation is 3. The smallest absolute Gasteiger partial charge is 0.267 e. The van der Waals surface area contributed by atoms with Crippen LogP contribution in [0.4, 0.5) is 11.6 Å². The number of carbonyl (C=O) groups is 2. The van der Waals surface area contributed by atoms with E-state index in [2.05, 4.69) is 5.16 Å². The average Bonchev–Trinajstić information content (AvgIpc) is 3.43. The van der Waals surface area contributed by atoms with Gasteiger partial charge in [-0.25, -0.2) is 13.1 Å². The normalized spacial score (nSPS) is 19.4. The minimum absolute atomic E-state index is 0.142. The summed E-state index contributed by atoms with van der Waals surface area (Å²) in [7, 11) is -4.79. The third kappa shape index (κ3) is 4.14. The Bertz CT molecular complexity index is 1700. The van der Waals surface area contributed by atoms with E-state index >= 15 is 0 Å². The molecule has 2 aromatic heterocycles. The third-order valence-electron chi connectivity index (χ3n) is 3.75. The lowest BCUT2D eigenvalue weighted by atomic mass is 10.0. The number of rotatable bonds is 6. The Morgan fingerprint density at radius 2 is 2.13 bits per heavy atom. The highest BCUT2D eigenvalue weighted by Gasteiger charge is 2.27. The molecule has 1 amide bonds. The maximum absolute atomic E-state index is 13.4. The van der Waals surface area contributed by atoms with Crippen LogP contribution in [0.2, 0.25) is 0 Å². The molecule has 158 valence electrons. The maximum atomic E-state index is 13.4. The van der Waals surface area contributed by atoms with Crippen LogP contribution in [0.25, 0.3) is 0 Å². The minimum atomic E-state index is -4.79. The van der Waals surface area contributed by atoms with Gasteiger partial charge in [-0.2, -0.15) is 0 Å². The van der Waals surface area contributed by atoms with Crippen molar-refractivity contribution >= 4 is 44.6 Å². The van der Waals surface area contributed by atoms with Crippen LogP contribution in [0.5, 0.6) is 0 Å². The summed E-state index contributed by atoms with van der Waals surface area (Å²) >= 11 is 0.512. The highest BCUT2D eigenvalue weighted by atomic mass is 32.2. The summed E-state index contributed by atoms with van der Waals surface area (Å²) in [6, 6.07) is 0.278. The fraction of sp³-hybridized carbons (Fsp3) is 0.250. The highest BCUT2D eigenvalue weighted by Crippen LogP contribution is 2.29. The molecule has 0 aliphatic heterocycles. The van der Waals surface area contributed by atoms with Gasteiger partial charge in [0.05, 0.1) is 12.8 Å². The summed E-state index contributed by atoms with van der Waals surface area (Å²) in [5, 5.41) is 6.57. The van der Waals surface area contributed by atoms with Gasteiger partial charge in [-0.3, -0.25) is 9.59 Å². The second kappa shape index (κ2) is 8.04. The molecule has 2 heterocycles. The molecule has 3 aromatic rings. The maximum Gasteiger partial charge on any atom is 0.267 e. The van der Waals surface area contributed by atoms with E-state index in [1.165, 1.54) is 6.92 Å². The number of hydrogen-bond donors (Lipinski definition) is 2. The molecule has 30 heavy (non-hydrogen) atoms. The number of thiophene rings is 1. The van der Waals surface area contributed by atoms with Crippen molar-refractivity contribution in [1.82, 2.24) is 5.16 Å². The van der Waals surface area contributed by atoms with Gasteiger partial charge in [0, 0.05) is 27.6 Å². The fourth-order valence-corrected chi connectivity index (χ4v) is 4.67. The summed E-state index contributed by atoms with van der Waals surface area (Å²) in [4.78, 5) is 24.9. The predicted molar refractivity (Wildman–Crippen MR) is 115 cm³/mol. The molecule has 3 rings (SSSR count). The van der Waals surface area contributed by atoms with Gasteiger partial charge in [0.1, 0.15) is 9.77 Å². The zero-order chi connectivity index (χ0) is 33.1. The highest BCUT2D eigenvalue weighted by molar-refractivity contribution is 7.93. The van der Waals surface area contributed by atoms with Crippen molar-refractivity contribution in [3.8, 4) is 0 Å². The molecule has 0 saturated carbocycles. The lowest BCUT2D eigenvalue weighted by molar-refractivity contribution is 0.101. The van der Waals surface area contributed by atoms with Gasteiger partial charge in [-0.05, 0) is 62.9 Å². The molecule has 0 atom stereocenters. The van der Waals surface area contributed by atoms with E-state index in [1.807, 2.05) is 10.0 Å². The quantitative estimate of drug-likeness (QED) is 0.532. The number of benzene rings is 1. The van der Waals surface area contributed by atoms with E-state index in [0.29, 0.717) is 17.4 Å². The van der Waals surface area contributed by atoms with Crippen molar-refractivity contribution in [3.63, 3.8) is 0 Å². The molecular formula is C20H21N3O5S2.